The zero-order valence-electron chi connectivity index (χ0n) is 9.04. The summed E-state index contributed by atoms with van der Waals surface area (Å²) in [7, 11) is 0. The molecule has 0 spiro atoms. The molecular formula is C11H19N3O. The minimum Gasteiger partial charge on any atom is -0.361 e. The molecule has 1 aromatic rings. The molecule has 0 unspecified atom stereocenters. The molecule has 15 heavy (non-hydrogen) atoms. The topological polar surface area (TPSA) is 64.1 Å². The van der Waals surface area contributed by atoms with Crippen LogP contribution in [0.4, 0.5) is 0 Å². The van der Waals surface area contributed by atoms with Crippen LogP contribution in [0.25, 0.3) is 0 Å². The molecule has 1 aliphatic carbocycles. The van der Waals surface area contributed by atoms with E-state index < -0.39 is 0 Å². The maximum Gasteiger partial charge on any atom is 0.137 e. The van der Waals surface area contributed by atoms with Crippen LogP contribution < -0.4 is 11.1 Å². The van der Waals surface area contributed by atoms with E-state index in [0.29, 0.717) is 6.54 Å². The maximum absolute atomic E-state index is 5.45. The van der Waals surface area contributed by atoms with Crippen molar-refractivity contribution in [2.24, 2.45) is 5.73 Å². The van der Waals surface area contributed by atoms with Gasteiger partial charge < -0.3 is 15.6 Å². The Labute approximate surface area is 90.2 Å². The number of nitrogens with two attached hydrogens (primary N) is 1. The van der Waals surface area contributed by atoms with E-state index in [9.17, 15) is 0 Å². The lowest BCUT2D eigenvalue weighted by molar-refractivity contribution is 0.373. The van der Waals surface area contributed by atoms with E-state index in [1.165, 1.54) is 19.3 Å². The van der Waals surface area contributed by atoms with Gasteiger partial charge in [-0.15, -0.1) is 0 Å². The monoisotopic (exact) mass is 209 g/mol. The van der Waals surface area contributed by atoms with Crippen LogP contribution in [-0.2, 0) is 13.0 Å². The predicted molar refractivity (Wildman–Crippen MR) is 58.4 cm³/mol. The summed E-state index contributed by atoms with van der Waals surface area (Å²) in [6, 6.07) is 2.77. The average molecular weight is 209 g/mol. The van der Waals surface area contributed by atoms with Crippen molar-refractivity contribution in [2.75, 3.05) is 6.54 Å². The summed E-state index contributed by atoms with van der Waals surface area (Å²) in [5.74, 6) is 0.960. The molecular weight excluding hydrogens is 190 g/mol. The van der Waals surface area contributed by atoms with Gasteiger partial charge in [-0.05, 0) is 32.2 Å². The van der Waals surface area contributed by atoms with Crippen LogP contribution in [0.2, 0.25) is 0 Å². The van der Waals surface area contributed by atoms with Crippen molar-refractivity contribution < 1.29 is 4.52 Å². The van der Waals surface area contributed by atoms with E-state index in [0.717, 1.165) is 36.9 Å². The zero-order valence-corrected chi connectivity index (χ0v) is 9.04. The van der Waals surface area contributed by atoms with Crippen LogP contribution in [0.1, 0.15) is 37.1 Å². The van der Waals surface area contributed by atoms with Gasteiger partial charge in [-0.25, -0.2) is 0 Å². The summed E-state index contributed by atoms with van der Waals surface area (Å²) >= 11 is 0. The van der Waals surface area contributed by atoms with Gasteiger partial charge in [-0.2, -0.15) is 0 Å². The summed E-state index contributed by atoms with van der Waals surface area (Å²) in [6.07, 6.45) is 6.05. The van der Waals surface area contributed by atoms with E-state index in [1.54, 1.807) is 0 Å². The van der Waals surface area contributed by atoms with Crippen molar-refractivity contribution in [3.63, 3.8) is 0 Å². The molecule has 0 radical (unpaired) electrons. The molecule has 1 fully saturated rings. The van der Waals surface area contributed by atoms with Gasteiger partial charge >= 0.3 is 0 Å². The van der Waals surface area contributed by atoms with E-state index in [4.69, 9.17) is 10.3 Å². The Balaban J connectivity index is 1.56. The van der Waals surface area contributed by atoms with Gasteiger partial charge in [0.1, 0.15) is 5.76 Å². The maximum atomic E-state index is 5.45. The van der Waals surface area contributed by atoms with Crippen LogP contribution in [-0.4, -0.2) is 17.7 Å². The summed E-state index contributed by atoms with van der Waals surface area (Å²) in [6.45, 7) is 1.59. The second-order valence-electron chi connectivity index (χ2n) is 4.17. The number of hydrogen-bond acceptors (Lipinski definition) is 4. The lowest BCUT2D eigenvalue weighted by atomic mass is 10.2. The third-order valence-electron chi connectivity index (χ3n) is 2.68. The first-order valence-corrected chi connectivity index (χ1v) is 5.76. The highest BCUT2D eigenvalue weighted by Crippen LogP contribution is 2.18. The normalized spacial score (nSPS) is 15.8. The molecule has 84 valence electrons. The number of nitrogens with zero attached hydrogens (tertiary/aromatic N) is 1. The van der Waals surface area contributed by atoms with Crippen LogP contribution in [0.5, 0.6) is 0 Å². The third kappa shape index (κ3) is 3.64. The number of hydrogen-bond donors (Lipinski definition) is 2. The highest BCUT2D eigenvalue weighted by atomic mass is 16.5. The van der Waals surface area contributed by atoms with Crippen LogP contribution >= 0.6 is 0 Å². The van der Waals surface area contributed by atoms with Gasteiger partial charge in [0.2, 0.25) is 0 Å². The zero-order chi connectivity index (χ0) is 10.5. The molecule has 0 aromatic carbocycles. The first-order chi connectivity index (χ1) is 7.38. The first-order valence-electron chi connectivity index (χ1n) is 5.76. The van der Waals surface area contributed by atoms with E-state index in [-0.39, 0.29) is 0 Å². The standard InChI is InChI=1S/C11H19N3O/c12-8-10-7-11(15-14-10)3-1-2-6-13-9-4-5-9/h7,9,13H,1-6,8,12H2. The molecule has 1 heterocycles. The number of aryl methyl sites for hydroxylation is 1. The van der Waals surface area contributed by atoms with Crippen molar-refractivity contribution in [3.05, 3.63) is 17.5 Å². The molecule has 0 aliphatic heterocycles. The summed E-state index contributed by atoms with van der Waals surface area (Å²) in [5, 5.41) is 7.35. The van der Waals surface area contributed by atoms with Crippen LogP contribution in [0.15, 0.2) is 10.6 Å². The molecule has 0 saturated heterocycles. The van der Waals surface area contributed by atoms with Gasteiger partial charge in [0.05, 0.1) is 5.69 Å². The largest absolute Gasteiger partial charge is 0.361 e. The summed E-state index contributed by atoms with van der Waals surface area (Å²) in [5.41, 5.74) is 6.30. The second kappa shape index (κ2) is 5.28. The Hall–Kier alpha value is -0.870. The van der Waals surface area contributed by atoms with Crippen molar-refractivity contribution in [1.82, 2.24) is 10.5 Å². The second-order valence-corrected chi connectivity index (χ2v) is 4.17. The Kier molecular flexibility index (Phi) is 3.75. The van der Waals surface area contributed by atoms with Crippen LogP contribution in [0.3, 0.4) is 0 Å². The number of aromatic nitrogens is 1. The molecule has 1 saturated carbocycles. The smallest absolute Gasteiger partial charge is 0.137 e. The van der Waals surface area contributed by atoms with E-state index in [1.807, 2.05) is 6.07 Å². The Morgan fingerprint density at radius 2 is 2.33 bits per heavy atom. The van der Waals surface area contributed by atoms with Crippen molar-refractivity contribution >= 4 is 0 Å². The lowest BCUT2D eigenvalue weighted by Crippen LogP contribution is -2.17. The van der Waals surface area contributed by atoms with Crippen LogP contribution in [0, 0.1) is 0 Å². The van der Waals surface area contributed by atoms with Crippen molar-refractivity contribution in [1.29, 1.82) is 0 Å². The quantitative estimate of drug-likeness (QED) is 0.662. The summed E-state index contributed by atoms with van der Waals surface area (Å²) < 4.78 is 5.15. The third-order valence-corrected chi connectivity index (χ3v) is 2.68. The molecule has 4 heteroatoms. The van der Waals surface area contributed by atoms with Gasteiger partial charge in [0, 0.05) is 25.1 Å². The predicted octanol–water partition coefficient (Wildman–Crippen LogP) is 1.21. The molecule has 1 aliphatic rings. The minimum atomic E-state index is 0.465. The Bertz CT molecular complexity index is 294. The van der Waals surface area contributed by atoms with Crippen molar-refractivity contribution in [2.45, 2.75) is 44.7 Å². The minimum absolute atomic E-state index is 0.465. The van der Waals surface area contributed by atoms with Gasteiger partial charge in [-0.3, -0.25) is 0 Å². The summed E-state index contributed by atoms with van der Waals surface area (Å²) in [4.78, 5) is 0. The van der Waals surface area contributed by atoms with Gasteiger partial charge in [-0.1, -0.05) is 5.16 Å². The molecule has 3 N–H and O–H groups in total. The fourth-order valence-corrected chi connectivity index (χ4v) is 1.59. The molecule has 0 amide bonds. The fraction of sp³-hybridized carbons (Fsp3) is 0.727. The van der Waals surface area contributed by atoms with E-state index >= 15 is 0 Å². The molecule has 0 atom stereocenters. The lowest BCUT2D eigenvalue weighted by Gasteiger charge is -2.00. The SMILES string of the molecule is NCc1cc(CCCCNC2CC2)on1. The molecule has 2 rings (SSSR count). The number of rotatable bonds is 7. The average Bonchev–Trinajstić information content (AvgIpc) is 2.96. The fourth-order valence-electron chi connectivity index (χ4n) is 1.59. The van der Waals surface area contributed by atoms with E-state index in [2.05, 4.69) is 10.5 Å². The molecule has 4 nitrogen and oxygen atoms in total. The van der Waals surface area contributed by atoms with Gasteiger partial charge in [0.25, 0.3) is 0 Å². The Morgan fingerprint density at radius 1 is 1.47 bits per heavy atom. The van der Waals surface area contributed by atoms with Gasteiger partial charge in [0.15, 0.2) is 0 Å². The highest BCUT2D eigenvalue weighted by Gasteiger charge is 2.19. The molecule has 1 aromatic heterocycles. The number of unbranched alkanes of at least 4 members (excludes halogenated alkanes) is 1. The number of nitrogens with one attached hydrogen (secondary N) is 1. The first kappa shape index (κ1) is 10.6. The van der Waals surface area contributed by atoms with Crippen molar-refractivity contribution in [3.8, 4) is 0 Å². The highest BCUT2D eigenvalue weighted by molar-refractivity contribution is 5.04. The Morgan fingerprint density at radius 3 is 3.00 bits per heavy atom. The molecule has 0 bridgehead atoms.